The Bertz CT molecular complexity index is 312. The van der Waals surface area contributed by atoms with Gasteiger partial charge in [-0.15, -0.1) is 0 Å². The van der Waals surface area contributed by atoms with Crippen molar-refractivity contribution in [1.82, 2.24) is 15.3 Å². The van der Waals surface area contributed by atoms with Crippen LogP contribution in [0.4, 0.5) is 0 Å². The number of nitrogens with one attached hydrogen (secondary N) is 1. The molecule has 0 aliphatic heterocycles. The molecule has 1 atom stereocenters. The smallest absolute Gasteiger partial charge is 0.115 e. The zero-order chi connectivity index (χ0) is 12.5. The lowest BCUT2D eigenvalue weighted by Crippen LogP contribution is -2.31. The molecule has 0 aromatic carbocycles. The molecular weight excluding hydrogens is 210 g/mol. The van der Waals surface area contributed by atoms with Crippen molar-refractivity contribution in [3.63, 3.8) is 0 Å². The maximum absolute atomic E-state index is 4.37. The largest absolute Gasteiger partial charge is 0.314 e. The molecule has 1 aromatic heterocycles. The molecule has 3 heteroatoms. The molecule has 0 aliphatic rings. The van der Waals surface area contributed by atoms with E-state index in [9.17, 15) is 0 Å². The lowest BCUT2D eigenvalue weighted by molar-refractivity contribution is 0.490. The Morgan fingerprint density at radius 1 is 1.12 bits per heavy atom. The average molecular weight is 235 g/mol. The van der Waals surface area contributed by atoms with Crippen LogP contribution in [-0.2, 0) is 12.8 Å². The molecule has 3 nitrogen and oxygen atoms in total. The van der Waals surface area contributed by atoms with E-state index in [1.165, 1.54) is 17.8 Å². The first-order valence-electron chi connectivity index (χ1n) is 6.83. The fourth-order valence-electron chi connectivity index (χ4n) is 1.91. The van der Waals surface area contributed by atoms with Crippen LogP contribution < -0.4 is 5.32 Å². The molecule has 0 saturated carbocycles. The molecule has 0 radical (unpaired) electrons. The van der Waals surface area contributed by atoms with E-state index in [2.05, 4.69) is 42.1 Å². The van der Waals surface area contributed by atoms with Crippen molar-refractivity contribution in [2.45, 2.75) is 58.9 Å². The van der Waals surface area contributed by atoms with Gasteiger partial charge in [-0.1, -0.05) is 27.2 Å². The van der Waals surface area contributed by atoms with E-state index in [0.717, 1.165) is 32.2 Å². The molecule has 0 saturated heterocycles. The Balaban J connectivity index is 2.55. The van der Waals surface area contributed by atoms with Gasteiger partial charge in [0.05, 0.1) is 0 Å². The van der Waals surface area contributed by atoms with Crippen LogP contribution in [-0.4, -0.2) is 22.6 Å². The van der Waals surface area contributed by atoms with E-state index in [-0.39, 0.29) is 0 Å². The summed E-state index contributed by atoms with van der Waals surface area (Å²) >= 11 is 0. The van der Waals surface area contributed by atoms with E-state index in [4.69, 9.17) is 0 Å². The van der Waals surface area contributed by atoms with Crippen LogP contribution in [0.25, 0.3) is 0 Å². The molecule has 1 N–H and O–H groups in total. The molecule has 1 rings (SSSR count). The number of nitrogens with zero attached hydrogens (tertiary/aromatic N) is 2. The lowest BCUT2D eigenvalue weighted by Gasteiger charge is -2.16. The van der Waals surface area contributed by atoms with Gasteiger partial charge in [-0.05, 0) is 31.9 Å². The molecule has 0 aliphatic carbocycles. The topological polar surface area (TPSA) is 37.8 Å². The lowest BCUT2D eigenvalue weighted by atomic mass is 10.1. The van der Waals surface area contributed by atoms with E-state index < -0.39 is 0 Å². The van der Waals surface area contributed by atoms with Crippen LogP contribution in [0, 0.1) is 0 Å². The third-order valence-electron chi connectivity index (χ3n) is 2.92. The van der Waals surface area contributed by atoms with Gasteiger partial charge in [-0.25, -0.2) is 9.97 Å². The summed E-state index contributed by atoms with van der Waals surface area (Å²) in [7, 11) is 0. The van der Waals surface area contributed by atoms with Crippen molar-refractivity contribution in [3.8, 4) is 0 Å². The molecular formula is C14H25N3. The van der Waals surface area contributed by atoms with Gasteiger partial charge in [0, 0.05) is 23.9 Å². The normalized spacial score (nSPS) is 12.6. The standard InChI is InChI=1S/C14H25N3/c1-4-7-13-10-14(17-11-16-13)9-12(6-3)15-8-5-2/h10-12,15H,4-9H2,1-3H3. The molecule has 0 spiro atoms. The molecule has 0 bridgehead atoms. The number of hydrogen-bond donors (Lipinski definition) is 1. The van der Waals surface area contributed by atoms with Gasteiger partial charge in [0.25, 0.3) is 0 Å². The molecule has 0 fully saturated rings. The van der Waals surface area contributed by atoms with Crippen molar-refractivity contribution >= 4 is 0 Å². The van der Waals surface area contributed by atoms with Crippen LogP contribution in [0.3, 0.4) is 0 Å². The van der Waals surface area contributed by atoms with E-state index in [0.29, 0.717) is 6.04 Å². The van der Waals surface area contributed by atoms with Gasteiger partial charge in [-0.3, -0.25) is 0 Å². The minimum absolute atomic E-state index is 0.541. The number of aryl methyl sites for hydroxylation is 1. The summed E-state index contributed by atoms with van der Waals surface area (Å²) < 4.78 is 0. The predicted octanol–water partition coefficient (Wildman–Crippen LogP) is 2.75. The second-order valence-electron chi connectivity index (χ2n) is 4.51. The summed E-state index contributed by atoms with van der Waals surface area (Å²) in [4.78, 5) is 8.66. The van der Waals surface area contributed by atoms with Crippen LogP contribution in [0.2, 0.25) is 0 Å². The molecule has 0 amide bonds. The zero-order valence-electron chi connectivity index (χ0n) is 11.4. The third kappa shape index (κ3) is 5.26. The highest BCUT2D eigenvalue weighted by molar-refractivity contribution is 5.09. The Morgan fingerprint density at radius 3 is 2.53 bits per heavy atom. The maximum atomic E-state index is 4.37. The highest BCUT2D eigenvalue weighted by Gasteiger charge is 2.07. The fourth-order valence-corrected chi connectivity index (χ4v) is 1.91. The minimum atomic E-state index is 0.541. The first kappa shape index (κ1) is 14.1. The SMILES string of the molecule is CCCNC(CC)Cc1cc(CCC)ncn1. The second-order valence-corrected chi connectivity index (χ2v) is 4.51. The summed E-state index contributed by atoms with van der Waals surface area (Å²) in [5.41, 5.74) is 2.33. The third-order valence-corrected chi connectivity index (χ3v) is 2.92. The van der Waals surface area contributed by atoms with Crippen molar-refractivity contribution in [2.24, 2.45) is 0 Å². The van der Waals surface area contributed by atoms with E-state index in [1.54, 1.807) is 6.33 Å². The van der Waals surface area contributed by atoms with E-state index >= 15 is 0 Å². The summed E-state index contributed by atoms with van der Waals surface area (Å²) in [5.74, 6) is 0. The van der Waals surface area contributed by atoms with Gasteiger partial charge in [0.15, 0.2) is 0 Å². The average Bonchev–Trinajstić information content (AvgIpc) is 2.35. The first-order chi connectivity index (χ1) is 8.30. The van der Waals surface area contributed by atoms with Gasteiger partial charge in [-0.2, -0.15) is 0 Å². The molecule has 17 heavy (non-hydrogen) atoms. The van der Waals surface area contributed by atoms with Crippen molar-refractivity contribution < 1.29 is 0 Å². The van der Waals surface area contributed by atoms with Crippen LogP contribution in [0.15, 0.2) is 12.4 Å². The van der Waals surface area contributed by atoms with E-state index in [1.807, 2.05) is 0 Å². The first-order valence-corrected chi connectivity index (χ1v) is 6.83. The number of aromatic nitrogens is 2. The van der Waals surface area contributed by atoms with Crippen molar-refractivity contribution in [3.05, 3.63) is 23.8 Å². The predicted molar refractivity (Wildman–Crippen MR) is 72.1 cm³/mol. The monoisotopic (exact) mass is 235 g/mol. The van der Waals surface area contributed by atoms with Gasteiger partial charge >= 0.3 is 0 Å². The number of rotatable bonds is 8. The molecule has 1 aromatic rings. The maximum Gasteiger partial charge on any atom is 0.115 e. The van der Waals surface area contributed by atoms with Crippen LogP contribution in [0.1, 0.15) is 51.4 Å². The zero-order valence-corrected chi connectivity index (χ0v) is 11.4. The Morgan fingerprint density at radius 2 is 1.88 bits per heavy atom. The quantitative estimate of drug-likeness (QED) is 0.753. The summed E-state index contributed by atoms with van der Waals surface area (Å²) in [6.45, 7) is 7.69. The highest BCUT2D eigenvalue weighted by Crippen LogP contribution is 2.06. The van der Waals surface area contributed by atoms with Crippen LogP contribution in [0.5, 0.6) is 0 Å². The van der Waals surface area contributed by atoms with Crippen molar-refractivity contribution in [1.29, 1.82) is 0 Å². The summed E-state index contributed by atoms with van der Waals surface area (Å²) in [5, 5.41) is 3.56. The van der Waals surface area contributed by atoms with Gasteiger partial charge in [0.1, 0.15) is 6.33 Å². The molecule has 1 heterocycles. The molecule has 1 unspecified atom stereocenters. The Hall–Kier alpha value is -0.960. The second kappa shape index (κ2) is 8.18. The van der Waals surface area contributed by atoms with Crippen LogP contribution >= 0.6 is 0 Å². The summed E-state index contributed by atoms with van der Waals surface area (Å²) in [6, 6.07) is 2.69. The minimum Gasteiger partial charge on any atom is -0.314 e. The Labute approximate surface area is 105 Å². The summed E-state index contributed by atoms with van der Waals surface area (Å²) in [6.07, 6.45) is 7.23. The van der Waals surface area contributed by atoms with Crippen molar-refractivity contribution in [2.75, 3.05) is 6.54 Å². The number of hydrogen-bond acceptors (Lipinski definition) is 3. The molecule has 96 valence electrons. The highest BCUT2D eigenvalue weighted by atomic mass is 14.9. The Kier molecular flexibility index (Phi) is 6.78. The fraction of sp³-hybridized carbons (Fsp3) is 0.714. The van der Waals surface area contributed by atoms with Gasteiger partial charge in [0.2, 0.25) is 0 Å². The van der Waals surface area contributed by atoms with Gasteiger partial charge < -0.3 is 5.32 Å².